The molecule has 0 aromatic heterocycles. The monoisotopic (exact) mass is 263 g/mol. The first-order valence-corrected chi connectivity index (χ1v) is 7.00. The Morgan fingerprint density at radius 2 is 1.84 bits per heavy atom. The third-order valence-corrected chi connectivity index (χ3v) is 3.27. The summed E-state index contributed by atoms with van der Waals surface area (Å²) in [5.41, 5.74) is 7.62. The van der Waals surface area contributed by atoms with Crippen LogP contribution in [0.25, 0.3) is 0 Å². The SMILES string of the molecule is CC1COc2ccc(C(N)CC(C)(C)C)cc2OC1. The number of benzene rings is 1. The first-order chi connectivity index (χ1) is 8.85. The molecule has 106 valence electrons. The average Bonchev–Trinajstić information content (AvgIpc) is 2.49. The molecule has 0 spiro atoms. The zero-order valence-corrected chi connectivity index (χ0v) is 12.4. The average molecular weight is 263 g/mol. The maximum absolute atomic E-state index is 6.28. The molecule has 1 aromatic rings. The van der Waals surface area contributed by atoms with Crippen molar-refractivity contribution in [3.63, 3.8) is 0 Å². The minimum Gasteiger partial charge on any atom is -0.489 e. The summed E-state index contributed by atoms with van der Waals surface area (Å²) in [6.07, 6.45) is 0.947. The van der Waals surface area contributed by atoms with Gasteiger partial charge in [-0.15, -0.1) is 0 Å². The predicted molar refractivity (Wildman–Crippen MR) is 77.6 cm³/mol. The highest BCUT2D eigenvalue weighted by Crippen LogP contribution is 2.35. The van der Waals surface area contributed by atoms with E-state index in [4.69, 9.17) is 15.2 Å². The molecule has 3 nitrogen and oxygen atoms in total. The molecular weight excluding hydrogens is 238 g/mol. The van der Waals surface area contributed by atoms with Crippen LogP contribution in [0.15, 0.2) is 18.2 Å². The van der Waals surface area contributed by atoms with Crippen molar-refractivity contribution in [1.29, 1.82) is 0 Å². The third-order valence-electron chi connectivity index (χ3n) is 3.27. The van der Waals surface area contributed by atoms with Crippen LogP contribution in [0.5, 0.6) is 11.5 Å². The van der Waals surface area contributed by atoms with Crippen LogP contribution < -0.4 is 15.2 Å². The molecule has 2 unspecified atom stereocenters. The van der Waals surface area contributed by atoms with Crippen LogP contribution in [0.3, 0.4) is 0 Å². The van der Waals surface area contributed by atoms with Crippen molar-refractivity contribution in [2.45, 2.75) is 40.2 Å². The van der Waals surface area contributed by atoms with E-state index >= 15 is 0 Å². The quantitative estimate of drug-likeness (QED) is 0.887. The molecule has 0 fully saturated rings. The Morgan fingerprint density at radius 3 is 2.47 bits per heavy atom. The van der Waals surface area contributed by atoms with E-state index in [0.29, 0.717) is 19.1 Å². The number of rotatable bonds is 2. The Labute approximate surface area is 116 Å². The lowest BCUT2D eigenvalue weighted by Gasteiger charge is -2.23. The molecule has 0 aliphatic carbocycles. The second-order valence-corrected chi connectivity index (χ2v) is 6.80. The fraction of sp³-hybridized carbons (Fsp3) is 0.625. The molecule has 0 saturated carbocycles. The molecule has 1 aliphatic heterocycles. The number of ether oxygens (including phenoxy) is 2. The molecule has 2 rings (SSSR count). The summed E-state index contributed by atoms with van der Waals surface area (Å²) < 4.78 is 11.5. The molecule has 0 bridgehead atoms. The van der Waals surface area contributed by atoms with Crippen LogP contribution in [0.2, 0.25) is 0 Å². The summed E-state index contributed by atoms with van der Waals surface area (Å²) in [7, 11) is 0. The van der Waals surface area contributed by atoms with Gasteiger partial charge in [0.1, 0.15) is 0 Å². The molecule has 2 atom stereocenters. The highest BCUT2D eigenvalue weighted by Gasteiger charge is 2.20. The molecule has 19 heavy (non-hydrogen) atoms. The fourth-order valence-corrected chi connectivity index (χ4v) is 2.28. The van der Waals surface area contributed by atoms with Gasteiger partial charge in [-0.3, -0.25) is 0 Å². The van der Waals surface area contributed by atoms with E-state index < -0.39 is 0 Å². The maximum Gasteiger partial charge on any atom is 0.161 e. The largest absolute Gasteiger partial charge is 0.489 e. The summed E-state index contributed by atoms with van der Waals surface area (Å²) in [5, 5.41) is 0. The van der Waals surface area contributed by atoms with Crippen LogP contribution >= 0.6 is 0 Å². The minimum absolute atomic E-state index is 0.0366. The van der Waals surface area contributed by atoms with E-state index in [1.807, 2.05) is 12.1 Å². The van der Waals surface area contributed by atoms with Crippen molar-refractivity contribution in [3.05, 3.63) is 23.8 Å². The standard InChI is InChI=1S/C16H25NO2/c1-11-9-18-14-6-5-12(7-15(14)19-10-11)13(17)8-16(2,3)4/h5-7,11,13H,8-10,17H2,1-4H3. The van der Waals surface area contributed by atoms with Crippen LogP contribution in [-0.2, 0) is 0 Å². The van der Waals surface area contributed by atoms with E-state index in [0.717, 1.165) is 23.5 Å². The van der Waals surface area contributed by atoms with Gasteiger partial charge in [-0.25, -0.2) is 0 Å². The molecule has 1 heterocycles. The Hall–Kier alpha value is -1.22. The van der Waals surface area contributed by atoms with E-state index in [-0.39, 0.29) is 11.5 Å². The lowest BCUT2D eigenvalue weighted by atomic mass is 9.86. The summed E-state index contributed by atoms with van der Waals surface area (Å²) in [6.45, 7) is 10.1. The summed E-state index contributed by atoms with van der Waals surface area (Å²) in [6, 6.07) is 6.10. The van der Waals surface area contributed by atoms with E-state index in [1.165, 1.54) is 0 Å². The molecule has 0 radical (unpaired) electrons. The summed E-state index contributed by atoms with van der Waals surface area (Å²) in [4.78, 5) is 0. The van der Waals surface area contributed by atoms with Gasteiger partial charge in [-0.1, -0.05) is 33.8 Å². The topological polar surface area (TPSA) is 44.5 Å². The Morgan fingerprint density at radius 1 is 1.21 bits per heavy atom. The predicted octanol–water partition coefficient (Wildman–Crippen LogP) is 3.53. The molecule has 1 aromatic carbocycles. The number of nitrogens with two attached hydrogens (primary N) is 1. The zero-order valence-electron chi connectivity index (χ0n) is 12.4. The van der Waals surface area contributed by atoms with Crippen molar-refractivity contribution >= 4 is 0 Å². The minimum atomic E-state index is 0.0366. The lowest BCUT2D eigenvalue weighted by Crippen LogP contribution is -2.18. The van der Waals surface area contributed by atoms with Gasteiger partial charge in [0.25, 0.3) is 0 Å². The van der Waals surface area contributed by atoms with Crippen LogP contribution in [0.4, 0.5) is 0 Å². The van der Waals surface area contributed by atoms with Crippen LogP contribution in [0.1, 0.15) is 45.7 Å². The number of fused-ring (bicyclic) bond motifs is 1. The van der Waals surface area contributed by atoms with Gasteiger partial charge >= 0.3 is 0 Å². The first kappa shape index (κ1) is 14.2. The van der Waals surface area contributed by atoms with Gasteiger partial charge in [0.15, 0.2) is 11.5 Å². The summed E-state index contributed by atoms with van der Waals surface area (Å²) >= 11 is 0. The van der Waals surface area contributed by atoms with E-state index in [1.54, 1.807) is 0 Å². The Balaban J connectivity index is 2.17. The van der Waals surface area contributed by atoms with Gasteiger partial charge in [-0.05, 0) is 29.5 Å². The normalized spacial score (nSPS) is 20.8. The lowest BCUT2D eigenvalue weighted by molar-refractivity contribution is 0.228. The van der Waals surface area contributed by atoms with E-state index in [9.17, 15) is 0 Å². The molecule has 0 amide bonds. The zero-order chi connectivity index (χ0) is 14.0. The number of hydrogen-bond acceptors (Lipinski definition) is 3. The van der Waals surface area contributed by atoms with Gasteiger partial charge in [-0.2, -0.15) is 0 Å². The van der Waals surface area contributed by atoms with Crippen LogP contribution in [-0.4, -0.2) is 13.2 Å². The molecule has 0 saturated heterocycles. The van der Waals surface area contributed by atoms with Crippen molar-refractivity contribution in [1.82, 2.24) is 0 Å². The van der Waals surface area contributed by atoms with Crippen molar-refractivity contribution in [2.24, 2.45) is 17.1 Å². The molecular formula is C16H25NO2. The van der Waals surface area contributed by atoms with Gasteiger partial charge in [0, 0.05) is 12.0 Å². The van der Waals surface area contributed by atoms with Crippen molar-refractivity contribution in [2.75, 3.05) is 13.2 Å². The Kier molecular flexibility index (Phi) is 4.04. The maximum atomic E-state index is 6.28. The second kappa shape index (κ2) is 5.41. The molecule has 3 heteroatoms. The molecule has 2 N–H and O–H groups in total. The highest BCUT2D eigenvalue weighted by atomic mass is 16.5. The van der Waals surface area contributed by atoms with Crippen molar-refractivity contribution in [3.8, 4) is 11.5 Å². The van der Waals surface area contributed by atoms with Crippen LogP contribution in [0, 0.1) is 11.3 Å². The fourth-order valence-electron chi connectivity index (χ4n) is 2.28. The first-order valence-electron chi connectivity index (χ1n) is 7.00. The summed E-state index contributed by atoms with van der Waals surface area (Å²) in [5.74, 6) is 2.07. The van der Waals surface area contributed by atoms with E-state index in [2.05, 4.69) is 33.8 Å². The Bertz CT molecular complexity index is 437. The van der Waals surface area contributed by atoms with Gasteiger partial charge in [0.05, 0.1) is 13.2 Å². The highest BCUT2D eigenvalue weighted by molar-refractivity contribution is 5.44. The smallest absolute Gasteiger partial charge is 0.161 e. The van der Waals surface area contributed by atoms with Crippen molar-refractivity contribution < 1.29 is 9.47 Å². The molecule has 1 aliphatic rings. The van der Waals surface area contributed by atoms with Gasteiger partial charge in [0.2, 0.25) is 0 Å². The third kappa shape index (κ3) is 3.87. The van der Waals surface area contributed by atoms with Gasteiger partial charge < -0.3 is 15.2 Å². The number of hydrogen-bond donors (Lipinski definition) is 1. The second-order valence-electron chi connectivity index (χ2n) is 6.80.